The first-order chi connectivity index (χ1) is 10.6. The maximum atomic E-state index is 12.4. The maximum absolute atomic E-state index is 12.4. The summed E-state index contributed by atoms with van der Waals surface area (Å²) in [5.74, 6) is 0.707. The molecule has 1 aliphatic heterocycles. The molecule has 1 fully saturated rings. The van der Waals surface area contributed by atoms with E-state index >= 15 is 0 Å². The first kappa shape index (κ1) is 16.9. The van der Waals surface area contributed by atoms with Gasteiger partial charge in [0.25, 0.3) is 0 Å². The van der Waals surface area contributed by atoms with E-state index in [2.05, 4.69) is 37.9 Å². The summed E-state index contributed by atoms with van der Waals surface area (Å²) >= 11 is 4.09. The quantitative estimate of drug-likeness (QED) is 0.792. The van der Waals surface area contributed by atoms with Crippen molar-refractivity contribution in [2.45, 2.75) is 32.6 Å². The summed E-state index contributed by atoms with van der Waals surface area (Å²) in [4.78, 5) is 26.2. The second-order valence-electron chi connectivity index (χ2n) is 5.79. The standard InChI is InChI=1S/C17H24N2O2S/c1-3-12(2)14-6-4-5-7-15(14)19-11-13(10-16(19)20)17(21)18-8-9-22/h4-7,12-13,22H,3,8-11H2,1-2H3,(H,18,21). The van der Waals surface area contributed by atoms with E-state index in [1.807, 2.05) is 18.2 Å². The van der Waals surface area contributed by atoms with Crippen molar-refractivity contribution in [3.05, 3.63) is 29.8 Å². The lowest BCUT2D eigenvalue weighted by Gasteiger charge is -2.23. The van der Waals surface area contributed by atoms with Crippen molar-refractivity contribution in [1.82, 2.24) is 5.32 Å². The van der Waals surface area contributed by atoms with Crippen LogP contribution < -0.4 is 10.2 Å². The van der Waals surface area contributed by atoms with Crippen molar-refractivity contribution in [3.8, 4) is 0 Å². The third-order valence-electron chi connectivity index (χ3n) is 4.28. The second-order valence-corrected chi connectivity index (χ2v) is 6.24. The summed E-state index contributed by atoms with van der Waals surface area (Å²) in [6.45, 7) is 5.30. The minimum absolute atomic E-state index is 0.0294. The second kappa shape index (κ2) is 7.68. The van der Waals surface area contributed by atoms with Gasteiger partial charge in [-0.05, 0) is 24.0 Å². The minimum atomic E-state index is -0.266. The van der Waals surface area contributed by atoms with Gasteiger partial charge in [-0.2, -0.15) is 12.6 Å². The van der Waals surface area contributed by atoms with Crippen LogP contribution in [0.2, 0.25) is 0 Å². The Bertz CT molecular complexity index is 547. The van der Waals surface area contributed by atoms with Crippen LogP contribution in [0.4, 0.5) is 5.69 Å². The zero-order chi connectivity index (χ0) is 16.1. The summed E-state index contributed by atoms with van der Waals surface area (Å²) in [6, 6.07) is 8.00. The summed E-state index contributed by atoms with van der Waals surface area (Å²) in [6.07, 6.45) is 1.30. The third kappa shape index (κ3) is 3.64. The molecule has 2 rings (SSSR count). The molecule has 1 heterocycles. The van der Waals surface area contributed by atoms with Crippen molar-refractivity contribution < 1.29 is 9.59 Å². The average molecular weight is 320 g/mol. The predicted octanol–water partition coefficient (Wildman–Crippen LogP) is 2.60. The molecule has 120 valence electrons. The summed E-state index contributed by atoms with van der Waals surface area (Å²) in [5, 5.41) is 2.82. The van der Waals surface area contributed by atoms with Gasteiger partial charge in [-0.1, -0.05) is 32.0 Å². The van der Waals surface area contributed by atoms with Crippen LogP contribution in [0, 0.1) is 5.92 Å². The summed E-state index contributed by atoms with van der Waals surface area (Å²) < 4.78 is 0. The van der Waals surface area contributed by atoms with Crippen LogP contribution in [-0.4, -0.2) is 30.7 Å². The fraction of sp³-hybridized carbons (Fsp3) is 0.529. The van der Waals surface area contributed by atoms with E-state index in [4.69, 9.17) is 0 Å². The topological polar surface area (TPSA) is 49.4 Å². The number of carbonyl (C=O) groups excluding carboxylic acids is 2. The number of rotatable bonds is 6. The molecule has 2 atom stereocenters. The van der Waals surface area contributed by atoms with E-state index in [9.17, 15) is 9.59 Å². The Morgan fingerprint density at radius 3 is 2.86 bits per heavy atom. The molecule has 2 unspecified atom stereocenters. The maximum Gasteiger partial charge on any atom is 0.227 e. The van der Waals surface area contributed by atoms with E-state index in [0.29, 0.717) is 24.8 Å². The van der Waals surface area contributed by atoms with E-state index in [-0.39, 0.29) is 24.2 Å². The molecule has 0 radical (unpaired) electrons. The van der Waals surface area contributed by atoms with Gasteiger partial charge in [0, 0.05) is 31.0 Å². The van der Waals surface area contributed by atoms with Gasteiger partial charge in [0.2, 0.25) is 11.8 Å². The predicted molar refractivity (Wildman–Crippen MR) is 92.5 cm³/mol. The molecule has 1 saturated heterocycles. The number of carbonyl (C=O) groups is 2. The number of hydrogen-bond donors (Lipinski definition) is 2. The van der Waals surface area contributed by atoms with Crippen molar-refractivity contribution in [3.63, 3.8) is 0 Å². The number of hydrogen-bond acceptors (Lipinski definition) is 3. The molecule has 0 aromatic heterocycles. The normalized spacial score (nSPS) is 19.3. The fourth-order valence-electron chi connectivity index (χ4n) is 2.81. The largest absolute Gasteiger partial charge is 0.355 e. The number of nitrogens with one attached hydrogen (secondary N) is 1. The zero-order valence-corrected chi connectivity index (χ0v) is 14.1. The highest BCUT2D eigenvalue weighted by Crippen LogP contribution is 2.33. The highest BCUT2D eigenvalue weighted by Gasteiger charge is 2.35. The Kier molecular flexibility index (Phi) is 5.89. The van der Waals surface area contributed by atoms with Gasteiger partial charge in [0.1, 0.15) is 0 Å². The molecular weight excluding hydrogens is 296 g/mol. The Balaban J connectivity index is 2.17. The summed E-state index contributed by atoms with van der Waals surface area (Å²) in [7, 11) is 0. The lowest BCUT2D eigenvalue weighted by molar-refractivity contribution is -0.126. The number of nitrogens with zero attached hydrogens (tertiary/aromatic N) is 1. The van der Waals surface area contributed by atoms with Crippen molar-refractivity contribution in [1.29, 1.82) is 0 Å². The molecule has 5 heteroatoms. The van der Waals surface area contributed by atoms with Gasteiger partial charge >= 0.3 is 0 Å². The van der Waals surface area contributed by atoms with E-state index in [1.165, 1.54) is 5.56 Å². The van der Waals surface area contributed by atoms with E-state index in [1.54, 1.807) is 4.90 Å². The Labute approximate surface area is 137 Å². The Morgan fingerprint density at radius 1 is 1.45 bits per heavy atom. The SMILES string of the molecule is CCC(C)c1ccccc1N1CC(C(=O)NCCS)CC1=O. The van der Waals surface area contributed by atoms with Gasteiger partial charge in [-0.25, -0.2) is 0 Å². The van der Waals surface area contributed by atoms with Gasteiger partial charge in [0.05, 0.1) is 5.92 Å². The number of thiol groups is 1. The minimum Gasteiger partial charge on any atom is -0.355 e. The molecule has 0 spiro atoms. The number of para-hydroxylation sites is 1. The van der Waals surface area contributed by atoms with E-state index < -0.39 is 0 Å². The lowest BCUT2D eigenvalue weighted by Crippen LogP contribution is -2.34. The lowest BCUT2D eigenvalue weighted by atomic mass is 9.96. The fourth-order valence-corrected chi connectivity index (χ4v) is 2.92. The monoisotopic (exact) mass is 320 g/mol. The van der Waals surface area contributed by atoms with Crippen molar-refractivity contribution in [2.75, 3.05) is 23.7 Å². The van der Waals surface area contributed by atoms with Crippen molar-refractivity contribution >= 4 is 30.1 Å². The van der Waals surface area contributed by atoms with Gasteiger partial charge in [-0.15, -0.1) is 0 Å². The van der Waals surface area contributed by atoms with Gasteiger partial charge in [0.15, 0.2) is 0 Å². The highest BCUT2D eigenvalue weighted by atomic mass is 32.1. The molecule has 4 nitrogen and oxygen atoms in total. The van der Waals surface area contributed by atoms with Crippen LogP contribution in [0.3, 0.4) is 0 Å². The molecule has 2 amide bonds. The average Bonchev–Trinajstić information content (AvgIpc) is 2.93. The smallest absolute Gasteiger partial charge is 0.227 e. The molecule has 0 saturated carbocycles. The number of anilines is 1. The molecule has 0 bridgehead atoms. The van der Waals surface area contributed by atoms with Crippen LogP contribution in [0.25, 0.3) is 0 Å². The molecule has 0 aliphatic carbocycles. The first-order valence-corrected chi connectivity index (χ1v) is 8.49. The van der Waals surface area contributed by atoms with E-state index in [0.717, 1.165) is 12.1 Å². The molecular formula is C17H24N2O2S. The number of amides is 2. The van der Waals surface area contributed by atoms with Crippen LogP contribution in [0.1, 0.15) is 38.2 Å². The molecule has 1 aromatic carbocycles. The Morgan fingerprint density at radius 2 is 2.18 bits per heavy atom. The van der Waals surface area contributed by atoms with Crippen LogP contribution in [-0.2, 0) is 9.59 Å². The van der Waals surface area contributed by atoms with Gasteiger partial charge < -0.3 is 10.2 Å². The van der Waals surface area contributed by atoms with Crippen LogP contribution in [0.5, 0.6) is 0 Å². The molecule has 1 aromatic rings. The third-order valence-corrected chi connectivity index (χ3v) is 4.50. The van der Waals surface area contributed by atoms with Crippen LogP contribution in [0.15, 0.2) is 24.3 Å². The highest BCUT2D eigenvalue weighted by molar-refractivity contribution is 7.80. The molecule has 1 aliphatic rings. The first-order valence-electron chi connectivity index (χ1n) is 7.86. The number of benzene rings is 1. The summed E-state index contributed by atoms with van der Waals surface area (Å²) in [5.41, 5.74) is 2.13. The van der Waals surface area contributed by atoms with Gasteiger partial charge in [-0.3, -0.25) is 9.59 Å². The van der Waals surface area contributed by atoms with Crippen LogP contribution >= 0.6 is 12.6 Å². The zero-order valence-electron chi connectivity index (χ0n) is 13.2. The molecule has 1 N–H and O–H groups in total. The van der Waals surface area contributed by atoms with Crippen molar-refractivity contribution in [2.24, 2.45) is 5.92 Å². The molecule has 22 heavy (non-hydrogen) atoms. The Hall–Kier alpha value is -1.49.